The number of methoxy groups -OCH3 is 3. The number of urea groups is 1. The summed E-state index contributed by atoms with van der Waals surface area (Å²) in [7, 11) is 6.47. The summed E-state index contributed by atoms with van der Waals surface area (Å²) in [6, 6.07) is 7.49. The predicted molar refractivity (Wildman–Crippen MR) is 108 cm³/mol. The molecular formula is C21H29N3O4. The summed E-state index contributed by atoms with van der Waals surface area (Å²) in [5.41, 5.74) is 2.98. The first-order valence-corrected chi connectivity index (χ1v) is 9.10. The molecule has 28 heavy (non-hydrogen) atoms. The number of ether oxygens (including phenoxy) is 3. The van der Waals surface area contributed by atoms with E-state index >= 15 is 0 Å². The Morgan fingerprint density at radius 1 is 1.14 bits per heavy atom. The van der Waals surface area contributed by atoms with Crippen LogP contribution in [0.25, 0.3) is 0 Å². The van der Waals surface area contributed by atoms with Crippen LogP contribution in [-0.4, -0.2) is 50.3 Å². The fourth-order valence-corrected chi connectivity index (χ4v) is 2.89. The number of likely N-dealkylation sites (N-methyl/N-ethyl adjacent to an activating group) is 1. The normalized spacial score (nSPS) is 11.5. The molecule has 1 N–H and O–H groups in total. The van der Waals surface area contributed by atoms with Crippen molar-refractivity contribution in [2.75, 3.05) is 28.4 Å². The standard InChI is InChI=1S/C21H29N3O4/c1-14-7-8-22-17(9-14)10-15(2)24(3)21(25)23-13-16-11-18(26-4)20(28-6)19(12-16)27-5/h7-9,11-12,15H,10,13H2,1-6H3,(H,23,25)/t15-/m0/s1. The van der Waals surface area contributed by atoms with E-state index in [0.29, 0.717) is 30.2 Å². The topological polar surface area (TPSA) is 72.9 Å². The first kappa shape index (κ1) is 21.3. The van der Waals surface area contributed by atoms with E-state index in [4.69, 9.17) is 14.2 Å². The Kier molecular flexibility index (Phi) is 7.49. The van der Waals surface area contributed by atoms with Gasteiger partial charge in [0.1, 0.15) is 0 Å². The van der Waals surface area contributed by atoms with E-state index in [1.807, 2.05) is 38.1 Å². The molecule has 1 heterocycles. The number of aromatic nitrogens is 1. The van der Waals surface area contributed by atoms with Crippen LogP contribution in [-0.2, 0) is 13.0 Å². The highest BCUT2D eigenvalue weighted by molar-refractivity contribution is 5.74. The lowest BCUT2D eigenvalue weighted by molar-refractivity contribution is 0.193. The number of carbonyl (C=O) groups excluding carboxylic acids is 1. The number of amides is 2. The summed E-state index contributed by atoms with van der Waals surface area (Å²) in [5, 5.41) is 2.93. The summed E-state index contributed by atoms with van der Waals surface area (Å²) >= 11 is 0. The van der Waals surface area contributed by atoms with E-state index in [-0.39, 0.29) is 12.1 Å². The Morgan fingerprint density at radius 3 is 2.32 bits per heavy atom. The van der Waals surface area contributed by atoms with Crippen LogP contribution in [0.2, 0.25) is 0 Å². The molecule has 0 unspecified atom stereocenters. The van der Waals surface area contributed by atoms with Gasteiger partial charge in [-0.1, -0.05) is 0 Å². The minimum atomic E-state index is -0.158. The number of nitrogens with zero attached hydrogens (tertiary/aromatic N) is 2. The number of rotatable bonds is 8. The quantitative estimate of drug-likeness (QED) is 0.753. The lowest BCUT2D eigenvalue weighted by Gasteiger charge is -2.25. The van der Waals surface area contributed by atoms with E-state index in [1.54, 1.807) is 39.5 Å². The maximum absolute atomic E-state index is 12.6. The van der Waals surface area contributed by atoms with Crippen LogP contribution in [0.5, 0.6) is 17.2 Å². The SMILES string of the molecule is COc1cc(CNC(=O)N(C)[C@@H](C)Cc2cc(C)ccn2)cc(OC)c1OC. The molecule has 1 aromatic carbocycles. The molecule has 7 nitrogen and oxygen atoms in total. The first-order chi connectivity index (χ1) is 13.4. The Balaban J connectivity index is 2.00. The number of pyridine rings is 1. The molecule has 0 spiro atoms. The van der Waals surface area contributed by atoms with Crippen LogP contribution in [0.4, 0.5) is 4.79 Å². The van der Waals surface area contributed by atoms with Crippen molar-refractivity contribution in [2.45, 2.75) is 32.9 Å². The van der Waals surface area contributed by atoms with Crippen molar-refractivity contribution in [1.29, 1.82) is 0 Å². The van der Waals surface area contributed by atoms with Gasteiger partial charge in [-0.3, -0.25) is 4.98 Å². The third-order valence-electron chi connectivity index (χ3n) is 4.63. The Labute approximate surface area is 166 Å². The maximum atomic E-state index is 12.6. The summed E-state index contributed by atoms with van der Waals surface area (Å²) in [5.74, 6) is 1.63. The predicted octanol–water partition coefficient (Wildman–Crippen LogP) is 3.19. The number of benzene rings is 1. The maximum Gasteiger partial charge on any atom is 0.317 e. The van der Waals surface area contributed by atoms with Crippen LogP contribution in [0.3, 0.4) is 0 Å². The summed E-state index contributed by atoms with van der Waals surface area (Å²) < 4.78 is 16.0. The van der Waals surface area contributed by atoms with Crippen molar-refractivity contribution in [2.24, 2.45) is 0 Å². The second-order valence-electron chi connectivity index (χ2n) is 6.68. The molecule has 2 amide bonds. The molecule has 1 atom stereocenters. The lowest BCUT2D eigenvalue weighted by atomic mass is 10.1. The number of hydrogen-bond acceptors (Lipinski definition) is 5. The Morgan fingerprint density at radius 2 is 1.79 bits per heavy atom. The molecule has 7 heteroatoms. The van der Waals surface area contributed by atoms with E-state index in [0.717, 1.165) is 16.8 Å². The molecule has 152 valence electrons. The zero-order valence-electron chi connectivity index (χ0n) is 17.4. The zero-order valence-corrected chi connectivity index (χ0v) is 17.4. The monoisotopic (exact) mass is 387 g/mol. The van der Waals surface area contributed by atoms with Gasteiger partial charge >= 0.3 is 6.03 Å². The van der Waals surface area contributed by atoms with Crippen molar-refractivity contribution >= 4 is 6.03 Å². The minimum Gasteiger partial charge on any atom is -0.493 e. The van der Waals surface area contributed by atoms with Crippen LogP contribution in [0, 0.1) is 6.92 Å². The van der Waals surface area contributed by atoms with Crippen molar-refractivity contribution in [3.63, 3.8) is 0 Å². The molecule has 0 saturated carbocycles. The molecule has 0 bridgehead atoms. The van der Waals surface area contributed by atoms with Crippen LogP contribution < -0.4 is 19.5 Å². The number of nitrogens with one attached hydrogen (secondary N) is 1. The van der Waals surface area contributed by atoms with Gasteiger partial charge < -0.3 is 24.4 Å². The molecule has 0 radical (unpaired) electrons. The lowest BCUT2D eigenvalue weighted by Crippen LogP contribution is -2.43. The van der Waals surface area contributed by atoms with Crippen molar-refractivity contribution in [3.8, 4) is 17.2 Å². The van der Waals surface area contributed by atoms with Gasteiger partial charge in [0.25, 0.3) is 0 Å². The molecule has 0 aliphatic carbocycles. The van der Waals surface area contributed by atoms with Gasteiger partial charge in [0.2, 0.25) is 5.75 Å². The third kappa shape index (κ3) is 5.28. The third-order valence-corrected chi connectivity index (χ3v) is 4.63. The van der Waals surface area contributed by atoms with Gasteiger partial charge in [0.05, 0.1) is 21.3 Å². The highest BCUT2D eigenvalue weighted by Crippen LogP contribution is 2.38. The van der Waals surface area contributed by atoms with E-state index in [1.165, 1.54) is 0 Å². The highest BCUT2D eigenvalue weighted by Gasteiger charge is 2.18. The fourth-order valence-electron chi connectivity index (χ4n) is 2.89. The van der Waals surface area contributed by atoms with Crippen LogP contribution >= 0.6 is 0 Å². The second-order valence-corrected chi connectivity index (χ2v) is 6.68. The highest BCUT2D eigenvalue weighted by atomic mass is 16.5. The number of aryl methyl sites for hydroxylation is 1. The summed E-state index contributed by atoms with van der Waals surface area (Å²) in [6.07, 6.45) is 2.48. The van der Waals surface area contributed by atoms with Crippen molar-refractivity contribution in [3.05, 3.63) is 47.3 Å². The van der Waals surface area contributed by atoms with Gasteiger partial charge in [-0.05, 0) is 49.2 Å². The largest absolute Gasteiger partial charge is 0.493 e. The molecule has 0 aliphatic heterocycles. The van der Waals surface area contributed by atoms with Crippen molar-refractivity contribution in [1.82, 2.24) is 15.2 Å². The minimum absolute atomic E-state index is 0.00856. The van der Waals surface area contributed by atoms with E-state index in [2.05, 4.69) is 10.3 Å². The summed E-state index contributed by atoms with van der Waals surface area (Å²) in [6.45, 7) is 4.38. The van der Waals surface area contributed by atoms with Crippen molar-refractivity contribution < 1.29 is 19.0 Å². The number of hydrogen-bond donors (Lipinski definition) is 1. The van der Waals surface area contributed by atoms with Crippen LogP contribution in [0.1, 0.15) is 23.7 Å². The van der Waals surface area contributed by atoms with Crippen LogP contribution in [0.15, 0.2) is 30.5 Å². The Hall–Kier alpha value is -2.96. The smallest absolute Gasteiger partial charge is 0.317 e. The first-order valence-electron chi connectivity index (χ1n) is 9.10. The van der Waals surface area contributed by atoms with E-state index < -0.39 is 0 Å². The summed E-state index contributed by atoms with van der Waals surface area (Å²) in [4.78, 5) is 18.6. The molecule has 0 saturated heterocycles. The second kappa shape index (κ2) is 9.82. The average Bonchev–Trinajstić information content (AvgIpc) is 2.70. The molecule has 1 aromatic heterocycles. The Bertz CT molecular complexity index is 785. The molecule has 0 aliphatic rings. The number of carbonyl (C=O) groups is 1. The average molecular weight is 387 g/mol. The molecule has 2 aromatic rings. The van der Waals surface area contributed by atoms with Gasteiger partial charge in [-0.15, -0.1) is 0 Å². The van der Waals surface area contributed by atoms with Gasteiger partial charge in [-0.2, -0.15) is 0 Å². The fraction of sp³-hybridized carbons (Fsp3) is 0.429. The van der Waals surface area contributed by atoms with Gasteiger partial charge in [0.15, 0.2) is 11.5 Å². The molecule has 0 fully saturated rings. The molecule has 2 rings (SSSR count). The molecular weight excluding hydrogens is 358 g/mol. The zero-order chi connectivity index (χ0) is 20.7. The van der Waals surface area contributed by atoms with Gasteiger partial charge in [-0.25, -0.2) is 4.79 Å². The van der Waals surface area contributed by atoms with Gasteiger partial charge in [0, 0.05) is 37.9 Å². The van der Waals surface area contributed by atoms with E-state index in [9.17, 15) is 4.79 Å².